The van der Waals surface area contributed by atoms with Crippen LogP contribution >= 0.6 is 0 Å². The van der Waals surface area contributed by atoms with E-state index in [2.05, 4.69) is 38.7 Å². The molecule has 0 aliphatic heterocycles. The van der Waals surface area contributed by atoms with E-state index in [1.807, 2.05) is 18.5 Å². The summed E-state index contributed by atoms with van der Waals surface area (Å²) in [6.45, 7) is 10.4. The maximum Gasteiger partial charge on any atom is 0.137 e. The van der Waals surface area contributed by atoms with Crippen LogP contribution in [-0.2, 0) is 0 Å². The molecule has 5 rings (SSSR count). The van der Waals surface area contributed by atoms with Crippen molar-refractivity contribution in [3.8, 4) is 5.75 Å². The van der Waals surface area contributed by atoms with Gasteiger partial charge in [-0.3, -0.25) is 4.98 Å². The largest absolute Gasteiger partial charge is 0.489 e. The SMILES string of the molecule is CC1CCC[C@@]2(C)[C@H]1C[C@H](C)[C@H]1[C@@H]3C[C@H](Oc4cccnc4)C[C@@]3(C)CC[C@@H]12. The van der Waals surface area contributed by atoms with Crippen LogP contribution in [-0.4, -0.2) is 11.1 Å². The van der Waals surface area contributed by atoms with Crippen LogP contribution in [0.15, 0.2) is 24.5 Å². The Hall–Kier alpha value is -1.05. The van der Waals surface area contributed by atoms with Gasteiger partial charge >= 0.3 is 0 Å². The summed E-state index contributed by atoms with van der Waals surface area (Å²) < 4.78 is 6.43. The average molecular weight is 382 g/mol. The van der Waals surface area contributed by atoms with Gasteiger partial charge in [0.25, 0.3) is 0 Å². The molecule has 4 aliphatic carbocycles. The quantitative estimate of drug-likeness (QED) is 0.565. The molecular formula is C26H39NO. The van der Waals surface area contributed by atoms with Crippen molar-refractivity contribution in [3.63, 3.8) is 0 Å². The third-order valence-corrected chi connectivity index (χ3v) is 10.0. The Morgan fingerprint density at radius 2 is 1.86 bits per heavy atom. The summed E-state index contributed by atoms with van der Waals surface area (Å²) in [6.07, 6.45) is 15.3. The van der Waals surface area contributed by atoms with Crippen molar-refractivity contribution >= 4 is 0 Å². The molecule has 0 aromatic carbocycles. The molecule has 0 radical (unpaired) electrons. The summed E-state index contributed by atoms with van der Waals surface area (Å²) in [7, 11) is 0. The first-order valence-electron chi connectivity index (χ1n) is 12.0. The zero-order chi connectivity index (χ0) is 19.5. The van der Waals surface area contributed by atoms with Crippen molar-refractivity contribution < 1.29 is 4.74 Å². The summed E-state index contributed by atoms with van der Waals surface area (Å²) in [5, 5.41) is 0. The van der Waals surface area contributed by atoms with Crippen LogP contribution in [0.4, 0.5) is 0 Å². The van der Waals surface area contributed by atoms with Gasteiger partial charge in [0, 0.05) is 6.20 Å². The maximum absolute atomic E-state index is 6.43. The van der Waals surface area contributed by atoms with Gasteiger partial charge in [-0.1, -0.05) is 40.5 Å². The monoisotopic (exact) mass is 381 g/mol. The fraction of sp³-hybridized carbons (Fsp3) is 0.808. The maximum atomic E-state index is 6.43. The lowest BCUT2D eigenvalue weighted by Crippen LogP contribution is -2.56. The molecule has 1 aromatic heterocycles. The van der Waals surface area contributed by atoms with Gasteiger partial charge in [-0.25, -0.2) is 0 Å². The predicted molar refractivity (Wildman–Crippen MR) is 114 cm³/mol. The van der Waals surface area contributed by atoms with E-state index in [0.717, 1.165) is 41.3 Å². The van der Waals surface area contributed by atoms with E-state index in [1.54, 1.807) is 0 Å². The Bertz CT molecular complexity index is 704. The van der Waals surface area contributed by atoms with E-state index in [4.69, 9.17) is 4.74 Å². The second-order valence-corrected chi connectivity index (χ2v) is 11.5. The fourth-order valence-corrected chi connectivity index (χ4v) is 8.81. The van der Waals surface area contributed by atoms with Gasteiger partial charge in [-0.15, -0.1) is 0 Å². The van der Waals surface area contributed by atoms with Crippen molar-refractivity contribution in [2.24, 2.45) is 46.3 Å². The van der Waals surface area contributed by atoms with Gasteiger partial charge in [0.15, 0.2) is 0 Å². The Morgan fingerprint density at radius 1 is 1.00 bits per heavy atom. The lowest BCUT2D eigenvalue weighted by atomic mass is 9.42. The predicted octanol–water partition coefficient (Wildman–Crippen LogP) is 6.75. The molecule has 28 heavy (non-hydrogen) atoms. The minimum Gasteiger partial charge on any atom is -0.489 e. The van der Waals surface area contributed by atoms with Crippen LogP contribution in [0.2, 0.25) is 0 Å². The van der Waals surface area contributed by atoms with Crippen LogP contribution in [0.5, 0.6) is 5.75 Å². The normalized spacial score (nSPS) is 50.4. The molecule has 1 heterocycles. The zero-order valence-electron chi connectivity index (χ0n) is 18.4. The lowest BCUT2D eigenvalue weighted by Gasteiger charge is -2.63. The van der Waals surface area contributed by atoms with E-state index >= 15 is 0 Å². The van der Waals surface area contributed by atoms with E-state index in [-0.39, 0.29) is 0 Å². The molecule has 0 saturated heterocycles. The smallest absolute Gasteiger partial charge is 0.137 e. The van der Waals surface area contributed by atoms with Gasteiger partial charge in [0.2, 0.25) is 0 Å². The second-order valence-electron chi connectivity index (χ2n) is 11.5. The van der Waals surface area contributed by atoms with Gasteiger partial charge in [0.1, 0.15) is 5.75 Å². The third kappa shape index (κ3) is 2.84. The number of rotatable bonds is 2. The molecule has 1 unspecified atom stereocenters. The summed E-state index contributed by atoms with van der Waals surface area (Å²) in [6, 6.07) is 4.06. The second kappa shape index (κ2) is 6.74. The molecule has 4 saturated carbocycles. The molecule has 1 aromatic rings. The Morgan fingerprint density at radius 3 is 2.64 bits per heavy atom. The van der Waals surface area contributed by atoms with E-state index in [0.29, 0.717) is 16.9 Å². The number of ether oxygens (including phenoxy) is 1. The highest BCUT2D eigenvalue weighted by molar-refractivity contribution is 5.17. The first-order valence-corrected chi connectivity index (χ1v) is 12.0. The Balaban J connectivity index is 1.40. The molecule has 9 atom stereocenters. The minimum absolute atomic E-state index is 0.376. The summed E-state index contributed by atoms with van der Waals surface area (Å²) in [4.78, 5) is 4.25. The van der Waals surface area contributed by atoms with Gasteiger partial charge in [0.05, 0.1) is 12.3 Å². The van der Waals surface area contributed by atoms with E-state index in [9.17, 15) is 0 Å². The standard InChI is InChI=1S/C26H39NO/c1-17-7-5-10-26(4)21-9-11-25(3)15-20(28-19-8-6-12-27-16-19)14-23(25)24(21)18(2)13-22(17)26/h6,8,12,16-18,20-24H,5,7,9-11,13-15H2,1-4H3/t17?,18-,20-,21-,22-,23-,24+,25+,26+/m0/s1. The highest BCUT2D eigenvalue weighted by atomic mass is 16.5. The van der Waals surface area contributed by atoms with E-state index in [1.165, 1.54) is 51.4 Å². The molecule has 2 nitrogen and oxygen atoms in total. The van der Waals surface area contributed by atoms with E-state index < -0.39 is 0 Å². The average Bonchev–Trinajstić information content (AvgIpc) is 3.00. The number of aromatic nitrogens is 1. The van der Waals surface area contributed by atoms with Gasteiger partial charge in [-0.05, 0) is 97.0 Å². The first-order chi connectivity index (χ1) is 13.4. The molecule has 0 N–H and O–H groups in total. The molecule has 0 amide bonds. The number of nitrogens with zero attached hydrogens (tertiary/aromatic N) is 1. The van der Waals surface area contributed by atoms with Gasteiger partial charge in [-0.2, -0.15) is 0 Å². The zero-order valence-corrected chi connectivity index (χ0v) is 18.4. The molecule has 4 aliphatic rings. The van der Waals surface area contributed by atoms with Crippen molar-refractivity contribution in [2.75, 3.05) is 0 Å². The highest BCUT2D eigenvalue weighted by Crippen LogP contribution is 2.68. The summed E-state index contributed by atoms with van der Waals surface area (Å²) in [5.41, 5.74) is 1.07. The number of fused-ring (bicyclic) bond motifs is 5. The third-order valence-electron chi connectivity index (χ3n) is 10.0. The van der Waals surface area contributed by atoms with Crippen molar-refractivity contribution in [1.29, 1.82) is 0 Å². The molecule has 0 bridgehead atoms. The van der Waals surface area contributed by atoms with Crippen molar-refractivity contribution in [1.82, 2.24) is 4.98 Å². The number of hydrogen-bond acceptors (Lipinski definition) is 2. The Labute approximate surface area is 171 Å². The fourth-order valence-electron chi connectivity index (χ4n) is 8.81. The molecule has 0 spiro atoms. The number of pyridine rings is 1. The van der Waals surface area contributed by atoms with Crippen molar-refractivity contribution in [3.05, 3.63) is 24.5 Å². The highest BCUT2D eigenvalue weighted by Gasteiger charge is 2.61. The Kier molecular flexibility index (Phi) is 4.56. The minimum atomic E-state index is 0.376. The molecule has 2 heteroatoms. The molecule has 154 valence electrons. The topological polar surface area (TPSA) is 22.1 Å². The van der Waals surface area contributed by atoms with Crippen LogP contribution in [0, 0.1) is 46.3 Å². The van der Waals surface area contributed by atoms with Crippen LogP contribution in [0.3, 0.4) is 0 Å². The number of hydrogen-bond donors (Lipinski definition) is 0. The molecule has 4 fully saturated rings. The molecular weight excluding hydrogens is 342 g/mol. The van der Waals surface area contributed by atoms with Crippen LogP contribution in [0.25, 0.3) is 0 Å². The van der Waals surface area contributed by atoms with Crippen LogP contribution < -0.4 is 4.74 Å². The first kappa shape index (κ1) is 18.9. The summed E-state index contributed by atoms with van der Waals surface area (Å²) >= 11 is 0. The van der Waals surface area contributed by atoms with Gasteiger partial charge < -0.3 is 4.74 Å². The van der Waals surface area contributed by atoms with Crippen molar-refractivity contribution in [2.45, 2.75) is 85.2 Å². The lowest BCUT2D eigenvalue weighted by molar-refractivity contribution is -0.141. The van der Waals surface area contributed by atoms with Crippen LogP contribution in [0.1, 0.15) is 79.1 Å². The summed E-state index contributed by atoms with van der Waals surface area (Å²) in [5.74, 6) is 6.43.